The summed E-state index contributed by atoms with van der Waals surface area (Å²) >= 11 is 5.94. The summed E-state index contributed by atoms with van der Waals surface area (Å²) in [4.78, 5) is 21.4. The molecule has 0 aliphatic rings. The molecule has 2 N–H and O–H groups in total. The number of nitrogens with zero attached hydrogens (tertiary/aromatic N) is 1. The smallest absolute Gasteiger partial charge is 0.285 e. The molecule has 0 heterocycles. The van der Waals surface area contributed by atoms with Gasteiger partial charge in [0.1, 0.15) is 11.3 Å². The quantitative estimate of drug-likeness (QED) is 0.691. The van der Waals surface area contributed by atoms with Crippen molar-refractivity contribution in [2.75, 3.05) is 0 Å². The number of nitrogens with two attached hydrogens (primary N) is 1. The molecule has 2 aromatic rings. The van der Waals surface area contributed by atoms with Crippen LogP contribution in [0.5, 0.6) is 11.5 Å². The maximum atomic E-state index is 11.2. The molecule has 0 unspecified atom stereocenters. The van der Waals surface area contributed by atoms with Crippen molar-refractivity contribution in [2.24, 2.45) is 5.73 Å². The number of primary amides is 1. The average molecular weight is 293 g/mol. The van der Waals surface area contributed by atoms with Crippen molar-refractivity contribution < 1.29 is 14.5 Å². The monoisotopic (exact) mass is 292 g/mol. The van der Waals surface area contributed by atoms with E-state index in [0.717, 1.165) is 12.1 Å². The lowest BCUT2D eigenvalue weighted by Crippen LogP contribution is -2.13. The number of halogens is 1. The molecule has 0 radical (unpaired) electrons. The topological polar surface area (TPSA) is 95.5 Å². The Kier molecular flexibility index (Phi) is 3.86. The van der Waals surface area contributed by atoms with Crippen molar-refractivity contribution in [1.82, 2.24) is 0 Å². The number of amides is 1. The summed E-state index contributed by atoms with van der Waals surface area (Å²) in [6.45, 7) is 0. The normalized spacial score (nSPS) is 10.1. The fourth-order valence-electron chi connectivity index (χ4n) is 1.58. The summed E-state index contributed by atoms with van der Waals surface area (Å²) in [6, 6.07) is 10.8. The third-order valence-electron chi connectivity index (χ3n) is 2.48. The van der Waals surface area contributed by atoms with Crippen LogP contribution >= 0.6 is 11.6 Å². The number of nitro groups is 1. The predicted octanol–water partition coefficient (Wildman–Crippen LogP) is 3.14. The van der Waals surface area contributed by atoms with Gasteiger partial charge in [-0.25, -0.2) is 0 Å². The second-order valence-electron chi connectivity index (χ2n) is 3.84. The maximum absolute atomic E-state index is 11.2. The molecule has 20 heavy (non-hydrogen) atoms. The Balaban J connectivity index is 2.47. The van der Waals surface area contributed by atoms with E-state index >= 15 is 0 Å². The number of hydrogen-bond donors (Lipinski definition) is 1. The molecule has 0 aliphatic heterocycles. The van der Waals surface area contributed by atoms with E-state index in [2.05, 4.69) is 0 Å². The van der Waals surface area contributed by atoms with E-state index in [9.17, 15) is 14.9 Å². The Morgan fingerprint density at radius 1 is 1.25 bits per heavy atom. The van der Waals surface area contributed by atoms with Crippen molar-refractivity contribution in [3.63, 3.8) is 0 Å². The zero-order valence-electron chi connectivity index (χ0n) is 10.1. The zero-order chi connectivity index (χ0) is 14.7. The van der Waals surface area contributed by atoms with Crippen LogP contribution in [0.2, 0.25) is 5.02 Å². The lowest BCUT2D eigenvalue weighted by Gasteiger charge is -2.08. The Morgan fingerprint density at radius 2 is 1.90 bits per heavy atom. The van der Waals surface area contributed by atoms with Gasteiger partial charge in [-0.1, -0.05) is 29.8 Å². The molecular weight excluding hydrogens is 284 g/mol. The number of nitro benzene ring substituents is 1. The first-order chi connectivity index (χ1) is 9.49. The van der Waals surface area contributed by atoms with Gasteiger partial charge in [0.15, 0.2) is 5.75 Å². The first-order valence-corrected chi connectivity index (χ1v) is 5.87. The van der Waals surface area contributed by atoms with Gasteiger partial charge in [0.05, 0.1) is 16.0 Å². The zero-order valence-corrected chi connectivity index (χ0v) is 10.8. The van der Waals surface area contributed by atoms with Gasteiger partial charge < -0.3 is 10.5 Å². The van der Waals surface area contributed by atoms with Crippen LogP contribution in [0.3, 0.4) is 0 Å². The molecule has 0 saturated heterocycles. The molecule has 0 saturated carbocycles. The highest BCUT2D eigenvalue weighted by atomic mass is 35.5. The summed E-state index contributed by atoms with van der Waals surface area (Å²) in [5.74, 6) is -0.380. The van der Waals surface area contributed by atoms with E-state index in [1.165, 1.54) is 0 Å². The number of rotatable bonds is 4. The van der Waals surface area contributed by atoms with Gasteiger partial charge in [-0.2, -0.15) is 0 Å². The number of ether oxygens (including phenoxy) is 1. The standard InChI is InChI=1S/C13H9ClN2O4/c14-10-6-9(13(15)17)11(16(18)19)7-12(10)20-8-4-2-1-3-5-8/h1-7H,(H2,15,17). The van der Waals surface area contributed by atoms with Gasteiger partial charge in [0.2, 0.25) is 0 Å². The van der Waals surface area contributed by atoms with Gasteiger partial charge in [-0.05, 0) is 18.2 Å². The van der Waals surface area contributed by atoms with Crippen molar-refractivity contribution in [1.29, 1.82) is 0 Å². The first-order valence-electron chi connectivity index (χ1n) is 5.49. The molecule has 6 nitrogen and oxygen atoms in total. The van der Waals surface area contributed by atoms with Crippen LogP contribution in [0.25, 0.3) is 0 Å². The molecule has 2 aromatic carbocycles. The van der Waals surface area contributed by atoms with Crippen LogP contribution in [0.4, 0.5) is 5.69 Å². The SMILES string of the molecule is NC(=O)c1cc(Cl)c(Oc2ccccc2)cc1[N+](=O)[O-]. The number of carbonyl (C=O) groups is 1. The first kappa shape index (κ1) is 13.8. The summed E-state index contributed by atoms with van der Waals surface area (Å²) in [6.07, 6.45) is 0. The van der Waals surface area contributed by atoms with Crippen LogP contribution in [-0.4, -0.2) is 10.8 Å². The Labute approximate surface area is 118 Å². The van der Waals surface area contributed by atoms with Crippen molar-refractivity contribution >= 4 is 23.2 Å². The molecule has 0 aliphatic carbocycles. The molecule has 0 spiro atoms. The molecule has 102 valence electrons. The summed E-state index contributed by atoms with van der Waals surface area (Å²) in [5.41, 5.74) is 4.37. The summed E-state index contributed by atoms with van der Waals surface area (Å²) in [5, 5.41) is 11.0. The fourth-order valence-corrected chi connectivity index (χ4v) is 1.79. The largest absolute Gasteiger partial charge is 0.456 e. The minimum Gasteiger partial charge on any atom is -0.456 e. The fraction of sp³-hybridized carbons (Fsp3) is 0. The van der Waals surface area contributed by atoms with E-state index in [-0.39, 0.29) is 16.3 Å². The molecule has 7 heteroatoms. The van der Waals surface area contributed by atoms with Gasteiger partial charge in [-0.15, -0.1) is 0 Å². The Hall–Kier alpha value is -2.60. The van der Waals surface area contributed by atoms with E-state index in [4.69, 9.17) is 22.1 Å². The molecule has 1 amide bonds. The lowest BCUT2D eigenvalue weighted by molar-refractivity contribution is -0.385. The minimum absolute atomic E-state index is 0.0632. The Bertz CT molecular complexity index is 674. The lowest BCUT2D eigenvalue weighted by atomic mass is 10.1. The highest BCUT2D eigenvalue weighted by Gasteiger charge is 2.22. The summed E-state index contributed by atoms with van der Waals surface area (Å²) in [7, 11) is 0. The number of benzene rings is 2. The third kappa shape index (κ3) is 2.86. The molecular formula is C13H9ClN2O4. The van der Waals surface area contributed by atoms with E-state index in [0.29, 0.717) is 5.75 Å². The minimum atomic E-state index is -0.926. The third-order valence-corrected chi connectivity index (χ3v) is 2.78. The number of para-hydroxylation sites is 1. The summed E-state index contributed by atoms with van der Waals surface area (Å²) < 4.78 is 5.45. The molecule has 2 rings (SSSR count). The van der Waals surface area contributed by atoms with Crippen molar-refractivity contribution in [3.8, 4) is 11.5 Å². The van der Waals surface area contributed by atoms with Crippen molar-refractivity contribution in [3.05, 3.63) is 63.2 Å². The Morgan fingerprint density at radius 3 is 2.45 bits per heavy atom. The van der Waals surface area contributed by atoms with Crippen LogP contribution in [-0.2, 0) is 0 Å². The van der Waals surface area contributed by atoms with E-state index in [1.54, 1.807) is 30.3 Å². The van der Waals surface area contributed by atoms with Crippen LogP contribution in [0.15, 0.2) is 42.5 Å². The molecule has 0 bridgehead atoms. The number of hydrogen-bond acceptors (Lipinski definition) is 4. The molecule has 0 atom stereocenters. The van der Waals surface area contributed by atoms with Crippen LogP contribution < -0.4 is 10.5 Å². The number of carbonyl (C=O) groups excluding carboxylic acids is 1. The average Bonchev–Trinajstić information content (AvgIpc) is 2.41. The maximum Gasteiger partial charge on any atom is 0.285 e. The second kappa shape index (κ2) is 5.58. The van der Waals surface area contributed by atoms with E-state index < -0.39 is 16.5 Å². The predicted molar refractivity (Wildman–Crippen MR) is 73.1 cm³/mol. The van der Waals surface area contributed by atoms with Gasteiger partial charge in [-0.3, -0.25) is 14.9 Å². The molecule has 0 fully saturated rings. The van der Waals surface area contributed by atoms with Gasteiger partial charge in [0, 0.05) is 0 Å². The van der Waals surface area contributed by atoms with Gasteiger partial charge in [0.25, 0.3) is 11.6 Å². The van der Waals surface area contributed by atoms with Crippen molar-refractivity contribution in [2.45, 2.75) is 0 Å². The molecule has 0 aromatic heterocycles. The van der Waals surface area contributed by atoms with Crippen LogP contribution in [0.1, 0.15) is 10.4 Å². The van der Waals surface area contributed by atoms with Gasteiger partial charge >= 0.3 is 0 Å². The van der Waals surface area contributed by atoms with Crippen LogP contribution in [0, 0.1) is 10.1 Å². The highest BCUT2D eigenvalue weighted by Crippen LogP contribution is 2.35. The van der Waals surface area contributed by atoms with E-state index in [1.807, 2.05) is 0 Å². The second-order valence-corrected chi connectivity index (χ2v) is 4.24. The highest BCUT2D eigenvalue weighted by molar-refractivity contribution is 6.32.